The van der Waals surface area contributed by atoms with Crippen molar-refractivity contribution < 1.29 is 14.5 Å². The maximum atomic E-state index is 13.0. The second-order valence-corrected chi connectivity index (χ2v) is 10.7. The van der Waals surface area contributed by atoms with Crippen LogP contribution in [-0.4, -0.2) is 37.1 Å². The largest absolute Gasteiger partial charge is 0.378 e. The first-order valence-corrected chi connectivity index (χ1v) is 12.0. The number of nitriles is 1. The third kappa shape index (κ3) is 4.72. The van der Waals surface area contributed by atoms with Crippen LogP contribution < -0.4 is 10.2 Å². The smallest absolute Gasteiger partial charge is 0.293 e. The SMILES string of the molecule is CC(C)(C)[C@H]1CCc2c(sc(NC(=O)c3ccc(N4CCOCC4)c([N+](=O)[O-])c3)c2C#N)C1. The number of rotatable bonds is 4. The number of ether oxygens (including phenoxy) is 1. The van der Waals surface area contributed by atoms with E-state index in [1.54, 1.807) is 12.1 Å². The summed E-state index contributed by atoms with van der Waals surface area (Å²) in [6, 6.07) is 6.80. The minimum absolute atomic E-state index is 0.108. The molecule has 0 spiro atoms. The number of nitrogens with zero attached hydrogens (tertiary/aromatic N) is 3. The molecule has 1 amide bonds. The fourth-order valence-corrected chi connectivity index (χ4v) is 5.86. The Morgan fingerprint density at radius 1 is 1.33 bits per heavy atom. The predicted molar refractivity (Wildman–Crippen MR) is 128 cm³/mol. The maximum Gasteiger partial charge on any atom is 0.293 e. The van der Waals surface area contributed by atoms with Gasteiger partial charge in [0.25, 0.3) is 11.6 Å². The molecular formula is C24H28N4O4S. The first-order valence-electron chi connectivity index (χ1n) is 11.2. The van der Waals surface area contributed by atoms with E-state index in [1.807, 2.05) is 4.90 Å². The summed E-state index contributed by atoms with van der Waals surface area (Å²) in [6.07, 6.45) is 2.74. The van der Waals surface area contributed by atoms with Gasteiger partial charge < -0.3 is 15.0 Å². The van der Waals surface area contributed by atoms with Crippen molar-refractivity contribution in [3.8, 4) is 6.07 Å². The molecular weight excluding hydrogens is 440 g/mol. The molecule has 33 heavy (non-hydrogen) atoms. The first-order chi connectivity index (χ1) is 15.7. The molecule has 0 bridgehead atoms. The Kier molecular flexibility index (Phi) is 6.41. The van der Waals surface area contributed by atoms with Gasteiger partial charge in [-0.1, -0.05) is 20.8 Å². The Morgan fingerprint density at radius 2 is 2.06 bits per heavy atom. The molecule has 1 saturated heterocycles. The summed E-state index contributed by atoms with van der Waals surface area (Å²) >= 11 is 1.46. The molecule has 0 saturated carbocycles. The Labute approximate surface area is 197 Å². The van der Waals surface area contributed by atoms with Gasteiger partial charge in [-0.05, 0) is 48.3 Å². The lowest BCUT2D eigenvalue weighted by molar-refractivity contribution is -0.384. The van der Waals surface area contributed by atoms with Gasteiger partial charge in [0.15, 0.2) is 0 Å². The van der Waals surface area contributed by atoms with E-state index >= 15 is 0 Å². The number of carbonyl (C=O) groups is 1. The molecule has 1 N–H and O–H groups in total. The number of fused-ring (bicyclic) bond motifs is 1. The van der Waals surface area contributed by atoms with Crippen LogP contribution in [0.25, 0.3) is 0 Å². The molecule has 2 heterocycles. The van der Waals surface area contributed by atoms with Gasteiger partial charge in [0.05, 0.1) is 23.7 Å². The number of nitrogens with one attached hydrogen (secondary N) is 1. The summed E-state index contributed by atoms with van der Waals surface area (Å²) in [7, 11) is 0. The van der Waals surface area contributed by atoms with Gasteiger partial charge in [0.2, 0.25) is 0 Å². The molecule has 0 unspecified atom stereocenters. The average Bonchev–Trinajstić information content (AvgIpc) is 3.14. The molecule has 1 aromatic heterocycles. The van der Waals surface area contributed by atoms with Crippen molar-refractivity contribution in [2.45, 2.75) is 40.0 Å². The highest BCUT2D eigenvalue weighted by atomic mass is 32.1. The molecule has 4 rings (SSSR count). The lowest BCUT2D eigenvalue weighted by Crippen LogP contribution is -2.36. The monoisotopic (exact) mass is 468 g/mol. The van der Waals surface area contributed by atoms with Crippen molar-refractivity contribution >= 4 is 33.6 Å². The highest BCUT2D eigenvalue weighted by Crippen LogP contribution is 2.44. The van der Waals surface area contributed by atoms with E-state index in [0.717, 1.165) is 29.7 Å². The minimum Gasteiger partial charge on any atom is -0.378 e. The Bertz CT molecular complexity index is 1120. The number of carbonyl (C=O) groups excluding carboxylic acids is 1. The molecule has 1 aliphatic heterocycles. The highest BCUT2D eigenvalue weighted by molar-refractivity contribution is 7.16. The average molecular weight is 469 g/mol. The zero-order valence-electron chi connectivity index (χ0n) is 19.1. The highest BCUT2D eigenvalue weighted by Gasteiger charge is 2.32. The van der Waals surface area contributed by atoms with Crippen LogP contribution in [0.1, 0.15) is 53.6 Å². The first kappa shape index (κ1) is 23.2. The van der Waals surface area contributed by atoms with E-state index in [9.17, 15) is 20.2 Å². The zero-order chi connectivity index (χ0) is 23.8. The number of nitro groups is 1. The van der Waals surface area contributed by atoms with Crippen LogP contribution >= 0.6 is 11.3 Å². The maximum absolute atomic E-state index is 13.0. The standard InChI is InChI=1S/C24H28N4O4S/c1-24(2,3)16-5-6-17-18(14-25)23(33-21(17)13-16)26-22(29)15-4-7-19(20(12-15)28(30)31)27-8-10-32-11-9-27/h4,7,12,16H,5-6,8-11,13H2,1-3H3,(H,26,29)/t16-/m0/s1. The van der Waals surface area contributed by atoms with Gasteiger partial charge >= 0.3 is 0 Å². The molecule has 174 valence electrons. The van der Waals surface area contributed by atoms with Crippen LogP contribution in [0, 0.1) is 32.8 Å². The van der Waals surface area contributed by atoms with Gasteiger partial charge in [0.1, 0.15) is 16.8 Å². The predicted octanol–water partition coefficient (Wildman–Crippen LogP) is 4.77. The van der Waals surface area contributed by atoms with Crippen molar-refractivity contribution in [1.82, 2.24) is 0 Å². The molecule has 2 aliphatic rings. The molecule has 1 aliphatic carbocycles. The van der Waals surface area contributed by atoms with Gasteiger partial charge in [-0.3, -0.25) is 14.9 Å². The number of benzene rings is 1. The molecule has 9 heteroatoms. The number of hydrogen-bond acceptors (Lipinski definition) is 7. The lowest BCUT2D eigenvalue weighted by Gasteiger charge is -2.33. The molecule has 2 aromatic rings. The van der Waals surface area contributed by atoms with Crippen molar-refractivity contribution in [3.05, 3.63) is 49.9 Å². The number of nitro benzene ring substituents is 1. The summed E-state index contributed by atoms with van der Waals surface area (Å²) < 4.78 is 5.33. The van der Waals surface area contributed by atoms with Gasteiger partial charge in [-0.2, -0.15) is 5.26 Å². The summed E-state index contributed by atoms with van der Waals surface area (Å²) in [6.45, 7) is 8.85. The third-order valence-electron chi connectivity index (χ3n) is 6.61. The van der Waals surface area contributed by atoms with Gasteiger partial charge in [-0.25, -0.2) is 0 Å². The van der Waals surface area contributed by atoms with E-state index in [-0.39, 0.29) is 16.7 Å². The normalized spacial score (nSPS) is 18.4. The fraction of sp³-hybridized carbons (Fsp3) is 0.500. The fourth-order valence-electron chi connectivity index (χ4n) is 4.59. The Hall–Kier alpha value is -2.96. The summed E-state index contributed by atoms with van der Waals surface area (Å²) in [5.41, 5.74) is 2.31. The molecule has 0 radical (unpaired) electrons. The number of hydrogen-bond donors (Lipinski definition) is 1. The van der Waals surface area contributed by atoms with E-state index in [1.165, 1.54) is 17.4 Å². The van der Waals surface area contributed by atoms with Crippen molar-refractivity contribution in [1.29, 1.82) is 5.26 Å². The van der Waals surface area contributed by atoms with Crippen LogP contribution in [-0.2, 0) is 17.6 Å². The molecule has 1 atom stereocenters. The topological polar surface area (TPSA) is 108 Å². The van der Waals surface area contributed by atoms with E-state index in [4.69, 9.17) is 4.74 Å². The summed E-state index contributed by atoms with van der Waals surface area (Å²) in [4.78, 5) is 27.3. The summed E-state index contributed by atoms with van der Waals surface area (Å²) in [5, 5.41) is 24.9. The van der Waals surface area contributed by atoms with E-state index < -0.39 is 10.8 Å². The number of morpholine rings is 1. The van der Waals surface area contributed by atoms with E-state index in [2.05, 4.69) is 32.2 Å². The number of amides is 1. The second kappa shape index (κ2) is 9.12. The van der Waals surface area contributed by atoms with Crippen LogP contribution in [0.15, 0.2) is 18.2 Å². The van der Waals surface area contributed by atoms with Crippen molar-refractivity contribution in [2.24, 2.45) is 11.3 Å². The number of thiophene rings is 1. The van der Waals surface area contributed by atoms with E-state index in [0.29, 0.717) is 48.5 Å². The second-order valence-electron chi connectivity index (χ2n) is 9.64. The van der Waals surface area contributed by atoms with Crippen LogP contribution in [0.5, 0.6) is 0 Å². The number of anilines is 2. The lowest BCUT2D eigenvalue weighted by atomic mass is 9.72. The Balaban J connectivity index is 1.59. The van der Waals surface area contributed by atoms with Crippen LogP contribution in [0.3, 0.4) is 0 Å². The Morgan fingerprint density at radius 3 is 2.70 bits per heavy atom. The van der Waals surface area contributed by atoms with Crippen molar-refractivity contribution in [3.63, 3.8) is 0 Å². The van der Waals surface area contributed by atoms with Gasteiger partial charge in [0, 0.05) is 29.6 Å². The molecule has 1 fully saturated rings. The van der Waals surface area contributed by atoms with Crippen molar-refractivity contribution in [2.75, 3.05) is 36.5 Å². The van der Waals surface area contributed by atoms with Crippen LogP contribution in [0.4, 0.5) is 16.4 Å². The zero-order valence-corrected chi connectivity index (χ0v) is 20.0. The quantitative estimate of drug-likeness (QED) is 0.511. The van der Waals surface area contributed by atoms with Gasteiger partial charge in [-0.15, -0.1) is 11.3 Å². The third-order valence-corrected chi connectivity index (χ3v) is 7.78. The molecule has 1 aromatic carbocycles. The minimum atomic E-state index is -0.460. The molecule has 8 nitrogen and oxygen atoms in total. The van der Waals surface area contributed by atoms with Crippen LogP contribution in [0.2, 0.25) is 0 Å². The summed E-state index contributed by atoms with van der Waals surface area (Å²) in [5.74, 6) is 0.0724.